The largest absolute Gasteiger partial charge is 0.429 e. The number of rotatable bonds is 1. The smallest absolute Gasteiger partial charge is 0.308 e. The number of carbonyl (C=O) groups excluding carboxylic acids is 1. The predicted molar refractivity (Wildman–Crippen MR) is 84.4 cm³/mol. The number of anilines is 1. The van der Waals surface area contributed by atoms with Crippen LogP contribution in [-0.4, -0.2) is 17.7 Å². The molecule has 0 aromatic heterocycles. The van der Waals surface area contributed by atoms with Crippen LogP contribution >= 0.6 is 11.8 Å². The lowest BCUT2D eigenvalue weighted by Crippen LogP contribution is -2.75. The second-order valence-corrected chi connectivity index (χ2v) is 6.62. The van der Waals surface area contributed by atoms with Crippen molar-refractivity contribution < 1.29 is 18.0 Å². The standard InChI is InChI=1S/C16H12F3N3OS/c17-16(18,19)15(10-6-2-1-3-7-10)20-13(23)22-11-8-4-5-9-12(11)24-14(22)21-15/h1-9,14,21H,(H,20,23). The van der Waals surface area contributed by atoms with Crippen molar-refractivity contribution in [3.63, 3.8) is 0 Å². The molecule has 0 radical (unpaired) electrons. The molecule has 2 atom stereocenters. The van der Waals surface area contributed by atoms with Crippen LogP contribution in [-0.2, 0) is 5.66 Å². The van der Waals surface area contributed by atoms with E-state index in [1.807, 2.05) is 0 Å². The summed E-state index contributed by atoms with van der Waals surface area (Å²) in [4.78, 5) is 14.6. The lowest BCUT2D eigenvalue weighted by atomic mass is 9.97. The van der Waals surface area contributed by atoms with Crippen molar-refractivity contribution in [2.24, 2.45) is 0 Å². The SMILES string of the molecule is O=C1NC(c2ccccc2)(C(F)(F)F)NC2Sc3ccccc3N12. The average Bonchev–Trinajstić information content (AvgIpc) is 2.93. The minimum atomic E-state index is -4.70. The van der Waals surface area contributed by atoms with Gasteiger partial charge < -0.3 is 5.32 Å². The highest BCUT2D eigenvalue weighted by Crippen LogP contribution is 2.48. The summed E-state index contributed by atoms with van der Waals surface area (Å²) in [5.41, 5.74) is -2.91. The molecule has 2 aliphatic rings. The summed E-state index contributed by atoms with van der Waals surface area (Å²) in [6.45, 7) is 0. The molecule has 0 saturated carbocycles. The number of hydrogen-bond acceptors (Lipinski definition) is 3. The summed E-state index contributed by atoms with van der Waals surface area (Å²) in [5, 5.41) is 4.73. The molecule has 4 rings (SSSR count). The van der Waals surface area contributed by atoms with E-state index in [1.165, 1.54) is 40.9 Å². The first-order valence-corrected chi connectivity index (χ1v) is 8.07. The van der Waals surface area contributed by atoms with Gasteiger partial charge >= 0.3 is 12.2 Å². The van der Waals surface area contributed by atoms with Gasteiger partial charge in [0.25, 0.3) is 0 Å². The zero-order chi connectivity index (χ0) is 16.9. The second kappa shape index (κ2) is 5.15. The average molecular weight is 351 g/mol. The van der Waals surface area contributed by atoms with Gasteiger partial charge in [-0.25, -0.2) is 4.79 Å². The maximum Gasteiger partial charge on any atom is 0.429 e. The summed E-state index contributed by atoms with van der Waals surface area (Å²) < 4.78 is 41.8. The number of halogens is 3. The van der Waals surface area contributed by atoms with Gasteiger partial charge in [-0.05, 0) is 12.1 Å². The monoisotopic (exact) mass is 351 g/mol. The number of alkyl halides is 3. The fraction of sp³-hybridized carbons (Fsp3) is 0.188. The maximum absolute atomic E-state index is 13.9. The van der Waals surface area contributed by atoms with Crippen LogP contribution in [0.25, 0.3) is 0 Å². The third kappa shape index (κ3) is 2.10. The summed E-state index contributed by atoms with van der Waals surface area (Å²) in [5.74, 6) is 0. The van der Waals surface area contributed by atoms with Gasteiger partial charge in [-0.15, -0.1) is 0 Å². The molecule has 0 aliphatic carbocycles. The van der Waals surface area contributed by atoms with Crippen molar-refractivity contribution in [1.82, 2.24) is 10.6 Å². The number of benzene rings is 2. The Kier molecular flexibility index (Phi) is 3.29. The van der Waals surface area contributed by atoms with Gasteiger partial charge in [0.05, 0.1) is 5.69 Å². The van der Waals surface area contributed by atoms with Crippen molar-refractivity contribution in [2.45, 2.75) is 22.2 Å². The van der Waals surface area contributed by atoms with E-state index in [2.05, 4.69) is 10.6 Å². The summed E-state index contributed by atoms with van der Waals surface area (Å²) in [6, 6.07) is 13.6. The minimum Gasteiger partial charge on any atom is -0.308 e. The highest BCUT2D eigenvalue weighted by atomic mass is 32.2. The summed E-state index contributed by atoms with van der Waals surface area (Å²) in [6.07, 6.45) is -4.70. The normalized spacial score (nSPS) is 25.9. The number of nitrogens with one attached hydrogen (secondary N) is 2. The quantitative estimate of drug-likeness (QED) is 0.825. The van der Waals surface area contributed by atoms with Crippen LogP contribution in [0.15, 0.2) is 59.5 Å². The molecule has 2 unspecified atom stereocenters. The Labute approximate surface area is 140 Å². The maximum atomic E-state index is 13.9. The van der Waals surface area contributed by atoms with E-state index < -0.39 is 23.4 Å². The van der Waals surface area contributed by atoms with E-state index in [9.17, 15) is 18.0 Å². The van der Waals surface area contributed by atoms with Gasteiger partial charge in [0.2, 0.25) is 5.66 Å². The molecule has 24 heavy (non-hydrogen) atoms. The van der Waals surface area contributed by atoms with E-state index in [1.54, 1.807) is 30.3 Å². The van der Waals surface area contributed by atoms with Crippen LogP contribution in [0.5, 0.6) is 0 Å². The predicted octanol–water partition coefficient (Wildman–Crippen LogP) is 3.61. The summed E-state index contributed by atoms with van der Waals surface area (Å²) in [7, 11) is 0. The van der Waals surface area contributed by atoms with Crippen LogP contribution in [0.4, 0.5) is 23.7 Å². The molecule has 8 heteroatoms. The third-order valence-corrected chi connectivity index (χ3v) is 5.23. The highest BCUT2D eigenvalue weighted by Gasteiger charge is 2.62. The van der Waals surface area contributed by atoms with Crippen LogP contribution in [0.3, 0.4) is 0 Å². The topological polar surface area (TPSA) is 44.4 Å². The molecule has 1 saturated heterocycles. The van der Waals surface area contributed by atoms with Crippen molar-refractivity contribution in [2.75, 3.05) is 4.90 Å². The first-order valence-electron chi connectivity index (χ1n) is 7.19. The lowest BCUT2D eigenvalue weighted by Gasteiger charge is -2.46. The zero-order valence-corrected chi connectivity index (χ0v) is 13.0. The first kappa shape index (κ1) is 15.3. The molecular formula is C16H12F3N3OS. The fourth-order valence-corrected chi connectivity index (χ4v) is 4.20. The second-order valence-electron chi connectivity index (χ2n) is 5.50. The van der Waals surface area contributed by atoms with Crippen LogP contribution in [0.1, 0.15) is 5.56 Å². The van der Waals surface area contributed by atoms with E-state index in [0.29, 0.717) is 5.69 Å². The Morgan fingerprint density at radius 1 is 1.04 bits per heavy atom. The third-order valence-electron chi connectivity index (χ3n) is 4.08. The van der Waals surface area contributed by atoms with Crippen LogP contribution in [0, 0.1) is 0 Å². The molecule has 124 valence electrons. The molecule has 2 N–H and O–H groups in total. The Hall–Kier alpha value is -2.19. The lowest BCUT2D eigenvalue weighted by molar-refractivity contribution is -0.210. The van der Waals surface area contributed by atoms with Gasteiger partial charge in [0.1, 0.15) is 5.50 Å². The minimum absolute atomic E-state index is 0.0537. The van der Waals surface area contributed by atoms with Crippen molar-refractivity contribution in [3.05, 3.63) is 60.2 Å². The van der Waals surface area contributed by atoms with E-state index in [0.717, 1.165) is 4.90 Å². The Balaban J connectivity index is 1.80. The van der Waals surface area contributed by atoms with Gasteiger partial charge in [0, 0.05) is 10.5 Å². The number of para-hydroxylation sites is 1. The van der Waals surface area contributed by atoms with Gasteiger partial charge in [0.15, 0.2) is 0 Å². The number of urea groups is 1. The number of amides is 2. The highest BCUT2D eigenvalue weighted by molar-refractivity contribution is 8.00. The number of nitrogens with zero attached hydrogens (tertiary/aromatic N) is 1. The van der Waals surface area contributed by atoms with Gasteiger partial charge in [-0.2, -0.15) is 13.2 Å². The zero-order valence-electron chi connectivity index (χ0n) is 12.2. The molecule has 2 aromatic carbocycles. The fourth-order valence-electron chi connectivity index (χ4n) is 2.97. The number of fused-ring (bicyclic) bond motifs is 3. The van der Waals surface area contributed by atoms with Crippen LogP contribution < -0.4 is 15.5 Å². The van der Waals surface area contributed by atoms with Gasteiger partial charge in [-0.3, -0.25) is 10.2 Å². The van der Waals surface area contributed by atoms with Crippen molar-refractivity contribution in [3.8, 4) is 0 Å². The van der Waals surface area contributed by atoms with E-state index in [4.69, 9.17) is 0 Å². The molecule has 4 nitrogen and oxygen atoms in total. The molecule has 2 aliphatic heterocycles. The van der Waals surface area contributed by atoms with E-state index >= 15 is 0 Å². The molecule has 2 aromatic rings. The van der Waals surface area contributed by atoms with Gasteiger partial charge in [-0.1, -0.05) is 54.2 Å². The van der Waals surface area contributed by atoms with Crippen molar-refractivity contribution >= 4 is 23.5 Å². The molecule has 2 amide bonds. The molecule has 1 fully saturated rings. The van der Waals surface area contributed by atoms with E-state index in [-0.39, 0.29) is 5.56 Å². The first-order chi connectivity index (χ1) is 11.4. The molecule has 2 heterocycles. The summed E-state index contributed by atoms with van der Waals surface area (Å²) >= 11 is 1.19. The molecule has 0 bridgehead atoms. The Bertz CT molecular complexity index is 799. The Morgan fingerprint density at radius 2 is 1.71 bits per heavy atom. The number of hydrogen-bond donors (Lipinski definition) is 2. The number of thioether (sulfide) groups is 1. The van der Waals surface area contributed by atoms with Crippen molar-refractivity contribution in [1.29, 1.82) is 0 Å². The molecular weight excluding hydrogens is 339 g/mol. The molecule has 0 spiro atoms. The Morgan fingerprint density at radius 3 is 2.42 bits per heavy atom. The van der Waals surface area contributed by atoms with Crippen LogP contribution in [0.2, 0.25) is 0 Å². The number of carbonyl (C=O) groups is 1.